The molecule has 0 amide bonds. The summed E-state index contributed by atoms with van der Waals surface area (Å²) in [6, 6.07) is 6.90. The Balaban J connectivity index is 2.14. The molecule has 1 aromatic heterocycles. The number of carboxylic acids is 1. The maximum atomic E-state index is 13.5. The van der Waals surface area contributed by atoms with Crippen molar-refractivity contribution in [1.82, 2.24) is 0 Å². The van der Waals surface area contributed by atoms with Crippen molar-refractivity contribution < 1.29 is 18.7 Å². The standard InChI is InChI=1S/C22H22FNO4S/c1-5-29-22-12(3)19(25)17-9-11(2)8-15(20(17)28-22)13(4)24-18-7-6-14(23)10-16(18)21(26)27/h6-10,13,24H,5H2,1-4H3,(H,26,27). The molecule has 0 aliphatic heterocycles. The number of rotatable bonds is 6. The lowest BCUT2D eigenvalue weighted by Crippen LogP contribution is -2.14. The van der Waals surface area contributed by atoms with Crippen molar-refractivity contribution in [3.8, 4) is 0 Å². The van der Waals surface area contributed by atoms with E-state index in [9.17, 15) is 19.1 Å². The Labute approximate surface area is 171 Å². The van der Waals surface area contributed by atoms with Crippen molar-refractivity contribution in [2.24, 2.45) is 0 Å². The normalized spacial score (nSPS) is 12.2. The van der Waals surface area contributed by atoms with Crippen LogP contribution in [0, 0.1) is 19.7 Å². The molecule has 1 heterocycles. The van der Waals surface area contributed by atoms with Crippen LogP contribution in [0.15, 0.2) is 44.6 Å². The summed E-state index contributed by atoms with van der Waals surface area (Å²) < 4.78 is 19.6. The summed E-state index contributed by atoms with van der Waals surface area (Å²) in [5, 5.41) is 13.6. The molecule has 0 aliphatic rings. The lowest BCUT2D eigenvalue weighted by atomic mass is 10.00. The van der Waals surface area contributed by atoms with Gasteiger partial charge < -0.3 is 14.8 Å². The van der Waals surface area contributed by atoms with E-state index >= 15 is 0 Å². The Morgan fingerprint density at radius 3 is 2.66 bits per heavy atom. The zero-order chi connectivity index (χ0) is 21.3. The molecule has 0 saturated carbocycles. The third-order valence-electron chi connectivity index (χ3n) is 4.67. The molecule has 0 spiro atoms. The van der Waals surface area contributed by atoms with Gasteiger partial charge in [0.05, 0.1) is 17.0 Å². The van der Waals surface area contributed by atoms with Crippen LogP contribution in [0.3, 0.4) is 0 Å². The van der Waals surface area contributed by atoms with Crippen LogP contribution in [0.5, 0.6) is 0 Å². The number of carboxylic acid groups (broad SMARTS) is 1. The molecule has 0 radical (unpaired) electrons. The number of thioether (sulfide) groups is 1. The summed E-state index contributed by atoms with van der Waals surface area (Å²) in [6.07, 6.45) is 0. The van der Waals surface area contributed by atoms with Crippen LogP contribution < -0.4 is 10.7 Å². The molecule has 2 aromatic carbocycles. The third-order valence-corrected chi connectivity index (χ3v) is 5.61. The van der Waals surface area contributed by atoms with Crippen LogP contribution in [0.2, 0.25) is 0 Å². The Morgan fingerprint density at radius 2 is 2.00 bits per heavy atom. The van der Waals surface area contributed by atoms with Gasteiger partial charge in [-0.15, -0.1) is 0 Å². The average molecular weight is 415 g/mol. The number of aromatic carboxylic acids is 1. The third kappa shape index (κ3) is 4.15. The first kappa shape index (κ1) is 20.9. The fourth-order valence-electron chi connectivity index (χ4n) is 3.27. The minimum absolute atomic E-state index is 0.0765. The zero-order valence-corrected chi connectivity index (χ0v) is 17.4. The van der Waals surface area contributed by atoms with Crippen molar-refractivity contribution in [2.75, 3.05) is 11.1 Å². The van der Waals surface area contributed by atoms with Gasteiger partial charge in [-0.1, -0.05) is 24.8 Å². The van der Waals surface area contributed by atoms with E-state index < -0.39 is 11.8 Å². The largest absolute Gasteiger partial charge is 0.478 e. The van der Waals surface area contributed by atoms with Gasteiger partial charge in [0.1, 0.15) is 11.4 Å². The smallest absolute Gasteiger partial charge is 0.337 e. The van der Waals surface area contributed by atoms with Gasteiger partial charge in [0.2, 0.25) is 0 Å². The molecule has 29 heavy (non-hydrogen) atoms. The van der Waals surface area contributed by atoms with E-state index in [0.29, 0.717) is 27.3 Å². The highest BCUT2D eigenvalue weighted by Crippen LogP contribution is 2.32. The van der Waals surface area contributed by atoms with Crippen molar-refractivity contribution in [3.63, 3.8) is 0 Å². The molecule has 2 N–H and O–H groups in total. The van der Waals surface area contributed by atoms with Gasteiger partial charge in [0, 0.05) is 16.8 Å². The summed E-state index contributed by atoms with van der Waals surface area (Å²) in [4.78, 5) is 24.4. The second kappa shape index (κ2) is 8.29. The number of anilines is 1. The first-order valence-corrected chi connectivity index (χ1v) is 10.2. The maximum absolute atomic E-state index is 13.5. The molecule has 7 heteroatoms. The fourth-order valence-corrected chi connectivity index (χ4v) is 3.98. The van der Waals surface area contributed by atoms with Crippen LogP contribution >= 0.6 is 11.8 Å². The summed E-state index contributed by atoms with van der Waals surface area (Å²) in [5.41, 5.74) is 2.73. The Hall–Kier alpha value is -2.80. The van der Waals surface area contributed by atoms with E-state index in [1.807, 2.05) is 26.8 Å². The fraction of sp³-hybridized carbons (Fsp3) is 0.273. The van der Waals surface area contributed by atoms with Crippen molar-refractivity contribution >= 4 is 34.4 Å². The molecule has 3 aromatic rings. The molecule has 3 rings (SSSR count). The summed E-state index contributed by atoms with van der Waals surface area (Å²) in [5.74, 6) is -1.08. The summed E-state index contributed by atoms with van der Waals surface area (Å²) in [6.45, 7) is 7.47. The van der Waals surface area contributed by atoms with E-state index in [2.05, 4.69) is 5.32 Å². The topological polar surface area (TPSA) is 79.5 Å². The van der Waals surface area contributed by atoms with Gasteiger partial charge in [0.25, 0.3) is 0 Å². The number of nitrogens with one attached hydrogen (secondary N) is 1. The van der Waals surface area contributed by atoms with E-state index in [-0.39, 0.29) is 17.0 Å². The second-order valence-corrected chi connectivity index (χ2v) is 8.11. The second-order valence-electron chi connectivity index (χ2n) is 6.87. The molecule has 0 bridgehead atoms. The molecule has 1 unspecified atom stereocenters. The van der Waals surface area contributed by atoms with Crippen molar-refractivity contribution in [1.29, 1.82) is 0 Å². The van der Waals surface area contributed by atoms with Crippen LogP contribution in [-0.4, -0.2) is 16.8 Å². The molecule has 0 aliphatic carbocycles. The summed E-state index contributed by atoms with van der Waals surface area (Å²) in [7, 11) is 0. The van der Waals surface area contributed by atoms with Gasteiger partial charge in [-0.2, -0.15) is 0 Å². The molecule has 0 fully saturated rings. The number of hydrogen-bond acceptors (Lipinski definition) is 5. The first-order valence-electron chi connectivity index (χ1n) is 9.23. The minimum Gasteiger partial charge on any atom is -0.478 e. The van der Waals surface area contributed by atoms with Gasteiger partial charge in [-0.25, -0.2) is 9.18 Å². The number of fused-ring (bicyclic) bond motifs is 1. The highest BCUT2D eigenvalue weighted by atomic mass is 32.2. The number of hydrogen-bond donors (Lipinski definition) is 2. The predicted molar refractivity (Wildman–Crippen MR) is 114 cm³/mol. The SMILES string of the molecule is CCSc1oc2c(C(C)Nc3ccc(F)cc3C(=O)O)cc(C)cc2c(=O)c1C. The quantitative estimate of drug-likeness (QED) is 0.515. The molecule has 5 nitrogen and oxygen atoms in total. The number of halogens is 1. The minimum atomic E-state index is -1.22. The maximum Gasteiger partial charge on any atom is 0.337 e. The van der Waals surface area contributed by atoms with Gasteiger partial charge in [0.15, 0.2) is 10.5 Å². The monoisotopic (exact) mass is 415 g/mol. The highest BCUT2D eigenvalue weighted by Gasteiger charge is 2.20. The highest BCUT2D eigenvalue weighted by molar-refractivity contribution is 7.99. The predicted octanol–water partition coefficient (Wildman–Crippen LogP) is 5.53. The Bertz CT molecular complexity index is 1160. The van der Waals surface area contributed by atoms with E-state index in [0.717, 1.165) is 22.9 Å². The number of carbonyl (C=O) groups is 1. The van der Waals surface area contributed by atoms with Crippen molar-refractivity contribution in [3.05, 3.63) is 68.6 Å². The van der Waals surface area contributed by atoms with Crippen LogP contribution in [-0.2, 0) is 0 Å². The number of aryl methyl sites for hydroxylation is 1. The summed E-state index contributed by atoms with van der Waals surface area (Å²) >= 11 is 1.46. The molecular weight excluding hydrogens is 393 g/mol. The van der Waals surface area contributed by atoms with Gasteiger partial charge in [-0.05, 0) is 56.4 Å². The number of benzene rings is 2. The Kier molecular flexibility index (Phi) is 5.98. The van der Waals surface area contributed by atoms with Crippen LogP contribution in [0.25, 0.3) is 11.0 Å². The first-order chi connectivity index (χ1) is 13.7. The van der Waals surface area contributed by atoms with Crippen LogP contribution in [0.4, 0.5) is 10.1 Å². The molecular formula is C22H22FNO4S. The van der Waals surface area contributed by atoms with Gasteiger partial charge >= 0.3 is 5.97 Å². The van der Waals surface area contributed by atoms with E-state index in [1.54, 1.807) is 13.0 Å². The lowest BCUT2D eigenvalue weighted by Gasteiger charge is -2.19. The van der Waals surface area contributed by atoms with E-state index in [1.165, 1.54) is 23.9 Å². The Morgan fingerprint density at radius 1 is 1.28 bits per heavy atom. The molecule has 1 atom stereocenters. The van der Waals surface area contributed by atoms with Crippen LogP contribution in [0.1, 0.15) is 46.9 Å². The lowest BCUT2D eigenvalue weighted by molar-refractivity contribution is 0.0697. The van der Waals surface area contributed by atoms with Gasteiger partial charge in [-0.3, -0.25) is 4.79 Å². The molecule has 0 saturated heterocycles. The average Bonchev–Trinajstić information content (AvgIpc) is 2.67. The zero-order valence-electron chi connectivity index (χ0n) is 16.6. The van der Waals surface area contributed by atoms with E-state index in [4.69, 9.17) is 4.42 Å². The van der Waals surface area contributed by atoms with Crippen molar-refractivity contribution in [2.45, 2.75) is 38.8 Å². The molecule has 152 valence electrons.